The molecular weight excluding hydrogens is 356 g/mol. The molecule has 0 spiro atoms. The highest BCUT2D eigenvalue weighted by molar-refractivity contribution is 6.02. The summed E-state index contributed by atoms with van der Waals surface area (Å²) in [5.74, 6) is 0.800. The van der Waals surface area contributed by atoms with Gasteiger partial charge in [-0.3, -0.25) is 10.4 Å². The van der Waals surface area contributed by atoms with Gasteiger partial charge in [0.1, 0.15) is 5.82 Å². The van der Waals surface area contributed by atoms with E-state index in [1.165, 1.54) is 7.11 Å². The van der Waals surface area contributed by atoms with Crippen LogP contribution in [0.25, 0.3) is 33.2 Å². The number of nitrogen functional groups attached to an aromatic ring is 2. The van der Waals surface area contributed by atoms with Crippen molar-refractivity contribution >= 4 is 34.3 Å². The van der Waals surface area contributed by atoms with E-state index < -0.39 is 6.09 Å². The van der Waals surface area contributed by atoms with Crippen molar-refractivity contribution in [2.24, 2.45) is 0 Å². The number of ether oxygens (including phenoxy) is 1. The molecule has 0 unspecified atom stereocenters. The Morgan fingerprint density at radius 3 is 2.57 bits per heavy atom. The fourth-order valence-corrected chi connectivity index (χ4v) is 3.03. The Bertz CT molecular complexity index is 1170. The van der Waals surface area contributed by atoms with Gasteiger partial charge in [-0.15, -0.1) is 0 Å². The van der Waals surface area contributed by atoms with Crippen LogP contribution in [0.1, 0.15) is 0 Å². The van der Waals surface area contributed by atoms with Crippen LogP contribution < -0.4 is 16.8 Å². The van der Waals surface area contributed by atoms with Gasteiger partial charge < -0.3 is 16.2 Å². The van der Waals surface area contributed by atoms with Crippen molar-refractivity contribution in [1.29, 1.82) is 0 Å². The van der Waals surface area contributed by atoms with Crippen molar-refractivity contribution in [1.82, 2.24) is 15.2 Å². The molecule has 6 N–H and O–H groups in total. The lowest BCUT2D eigenvalue weighted by Gasteiger charge is -2.10. The summed E-state index contributed by atoms with van der Waals surface area (Å²) in [6.07, 6.45) is 1.04. The van der Waals surface area contributed by atoms with Crippen LogP contribution in [0.4, 0.5) is 22.1 Å². The zero-order chi connectivity index (χ0) is 19.7. The summed E-state index contributed by atoms with van der Waals surface area (Å²) in [6, 6.07) is 15.2. The molecule has 1 amide bonds. The molecule has 0 aliphatic carbocycles. The first kappa shape index (κ1) is 17.3. The van der Waals surface area contributed by atoms with E-state index in [9.17, 15) is 4.79 Å². The van der Waals surface area contributed by atoms with Gasteiger partial charge in [-0.25, -0.2) is 9.78 Å². The number of hydrogen-bond donors (Lipinski definition) is 4. The Labute approximate surface area is 160 Å². The molecule has 0 saturated carbocycles. The maximum Gasteiger partial charge on any atom is 0.412 e. The van der Waals surface area contributed by atoms with Gasteiger partial charge in [0.25, 0.3) is 0 Å². The van der Waals surface area contributed by atoms with E-state index in [2.05, 4.69) is 25.2 Å². The molecule has 8 nitrogen and oxygen atoms in total. The average Bonchev–Trinajstić information content (AvgIpc) is 3.09. The van der Waals surface area contributed by atoms with Crippen LogP contribution in [0.5, 0.6) is 0 Å². The Kier molecular flexibility index (Phi) is 4.29. The number of aromatic nitrogens is 3. The second kappa shape index (κ2) is 6.92. The van der Waals surface area contributed by atoms with E-state index in [0.717, 1.165) is 33.2 Å². The fourth-order valence-electron chi connectivity index (χ4n) is 3.03. The lowest BCUT2D eigenvalue weighted by molar-refractivity contribution is 0.187. The van der Waals surface area contributed by atoms with Gasteiger partial charge in [-0.05, 0) is 53.1 Å². The molecule has 0 aliphatic rings. The van der Waals surface area contributed by atoms with Crippen LogP contribution in [0, 0.1) is 0 Å². The van der Waals surface area contributed by atoms with Gasteiger partial charge in [0, 0.05) is 22.8 Å². The number of nitrogens with one attached hydrogen (secondary N) is 2. The van der Waals surface area contributed by atoms with Crippen LogP contribution in [0.2, 0.25) is 0 Å². The van der Waals surface area contributed by atoms with Crippen molar-refractivity contribution in [2.45, 2.75) is 0 Å². The average molecular weight is 374 g/mol. The van der Waals surface area contributed by atoms with Crippen LogP contribution in [-0.4, -0.2) is 28.4 Å². The molecule has 0 bridgehead atoms. The molecular formula is C20H18N6O2. The highest BCUT2D eigenvalue weighted by Crippen LogP contribution is 2.35. The molecule has 2 aromatic heterocycles. The molecule has 4 rings (SSSR count). The quantitative estimate of drug-likeness (QED) is 0.405. The molecule has 0 atom stereocenters. The second-order valence-electron chi connectivity index (χ2n) is 6.22. The summed E-state index contributed by atoms with van der Waals surface area (Å²) in [4.78, 5) is 15.6. The van der Waals surface area contributed by atoms with E-state index in [0.29, 0.717) is 17.3 Å². The van der Waals surface area contributed by atoms with Gasteiger partial charge in [-0.1, -0.05) is 12.1 Å². The Balaban J connectivity index is 1.86. The molecule has 0 saturated heterocycles. The number of nitrogens with zero attached hydrogens (tertiary/aromatic N) is 2. The molecule has 0 radical (unpaired) electrons. The van der Waals surface area contributed by atoms with Gasteiger partial charge in [-0.2, -0.15) is 5.10 Å². The van der Waals surface area contributed by atoms with Crippen molar-refractivity contribution in [3.63, 3.8) is 0 Å². The topological polar surface area (TPSA) is 132 Å². The molecule has 28 heavy (non-hydrogen) atoms. The number of H-pyrrole nitrogens is 1. The predicted molar refractivity (Wildman–Crippen MR) is 110 cm³/mol. The third-order valence-corrected chi connectivity index (χ3v) is 4.43. The number of fused-ring (bicyclic) bond motifs is 1. The second-order valence-corrected chi connectivity index (χ2v) is 6.22. The number of amides is 1. The van der Waals surface area contributed by atoms with Crippen LogP contribution >= 0.6 is 0 Å². The lowest BCUT2D eigenvalue weighted by atomic mass is 9.96. The van der Waals surface area contributed by atoms with Gasteiger partial charge in [0.05, 0.1) is 12.6 Å². The largest absolute Gasteiger partial charge is 0.453 e. The van der Waals surface area contributed by atoms with Gasteiger partial charge >= 0.3 is 6.09 Å². The molecule has 0 aliphatic heterocycles. The minimum Gasteiger partial charge on any atom is -0.453 e. The third-order valence-electron chi connectivity index (χ3n) is 4.43. The van der Waals surface area contributed by atoms with E-state index in [1.807, 2.05) is 42.5 Å². The number of methoxy groups -OCH3 is 1. The van der Waals surface area contributed by atoms with Crippen LogP contribution in [0.15, 0.2) is 54.7 Å². The van der Waals surface area contributed by atoms with Crippen molar-refractivity contribution in [3.8, 4) is 22.3 Å². The molecule has 8 heteroatoms. The van der Waals surface area contributed by atoms with Crippen LogP contribution in [0.3, 0.4) is 0 Å². The molecule has 2 heterocycles. The van der Waals surface area contributed by atoms with Crippen molar-refractivity contribution in [2.75, 3.05) is 23.9 Å². The number of nitrogens with two attached hydrogens (primary N) is 2. The first-order chi connectivity index (χ1) is 13.5. The number of anilines is 3. The number of carbonyl (C=O) groups is 1. The number of carbonyl (C=O) groups excluding carboxylic acids is 1. The standard InChI is InChI=1S/C20H18N6O2/c1-28-20(27)24-17-10-12(6-7-23-17)13-8-15(11-2-4-14(21)5-3-11)18-16(9-13)19(22)26-25-18/h2-10H,21H2,1H3,(H3,22,25,26)(H,23,24,27). The predicted octanol–water partition coefficient (Wildman–Crippen LogP) is 3.63. The number of rotatable bonds is 3. The first-order valence-corrected chi connectivity index (χ1v) is 8.50. The van der Waals surface area contributed by atoms with E-state index in [-0.39, 0.29) is 0 Å². The van der Waals surface area contributed by atoms with Gasteiger partial charge in [0.15, 0.2) is 5.82 Å². The molecule has 4 aromatic rings. The minimum absolute atomic E-state index is 0.388. The maximum atomic E-state index is 11.5. The maximum absolute atomic E-state index is 11.5. The Hall–Kier alpha value is -4.07. The van der Waals surface area contributed by atoms with E-state index in [4.69, 9.17) is 11.5 Å². The zero-order valence-electron chi connectivity index (χ0n) is 15.1. The SMILES string of the molecule is COC(=O)Nc1cc(-c2cc(-c3ccc(N)cc3)c3[nH]nc(N)c3c2)ccn1. The van der Waals surface area contributed by atoms with E-state index >= 15 is 0 Å². The number of hydrogen-bond acceptors (Lipinski definition) is 6. The van der Waals surface area contributed by atoms with Crippen molar-refractivity contribution < 1.29 is 9.53 Å². The zero-order valence-corrected chi connectivity index (χ0v) is 15.1. The lowest BCUT2D eigenvalue weighted by Crippen LogP contribution is -2.11. The Morgan fingerprint density at radius 1 is 1.04 bits per heavy atom. The third kappa shape index (κ3) is 3.18. The number of aromatic amines is 1. The number of pyridine rings is 1. The Morgan fingerprint density at radius 2 is 1.82 bits per heavy atom. The van der Waals surface area contributed by atoms with Gasteiger partial charge in [0.2, 0.25) is 0 Å². The normalized spacial score (nSPS) is 10.8. The summed E-state index contributed by atoms with van der Waals surface area (Å²) in [7, 11) is 1.30. The van der Waals surface area contributed by atoms with E-state index in [1.54, 1.807) is 12.3 Å². The fraction of sp³-hybridized carbons (Fsp3) is 0.0500. The van der Waals surface area contributed by atoms with Crippen molar-refractivity contribution in [3.05, 3.63) is 54.7 Å². The molecule has 2 aromatic carbocycles. The number of benzene rings is 2. The van der Waals surface area contributed by atoms with Crippen LogP contribution in [-0.2, 0) is 4.74 Å². The first-order valence-electron chi connectivity index (χ1n) is 8.50. The highest BCUT2D eigenvalue weighted by Gasteiger charge is 2.13. The molecule has 0 fully saturated rings. The summed E-state index contributed by atoms with van der Waals surface area (Å²) < 4.78 is 4.62. The smallest absolute Gasteiger partial charge is 0.412 e. The summed E-state index contributed by atoms with van der Waals surface area (Å²) in [5.41, 5.74) is 17.1. The highest BCUT2D eigenvalue weighted by atomic mass is 16.5. The summed E-state index contributed by atoms with van der Waals surface area (Å²) >= 11 is 0. The molecule has 140 valence electrons. The monoisotopic (exact) mass is 374 g/mol. The summed E-state index contributed by atoms with van der Waals surface area (Å²) in [5, 5.41) is 10.5. The minimum atomic E-state index is -0.582. The summed E-state index contributed by atoms with van der Waals surface area (Å²) in [6.45, 7) is 0.